The lowest BCUT2D eigenvalue weighted by molar-refractivity contribution is -0.111. The normalized spacial score (nSPS) is 14.8. The van der Waals surface area contributed by atoms with Crippen LogP contribution in [0.3, 0.4) is 0 Å². The molecule has 31 heavy (non-hydrogen) atoms. The van der Waals surface area contributed by atoms with Crippen LogP contribution in [0.25, 0.3) is 17.2 Å². The summed E-state index contributed by atoms with van der Waals surface area (Å²) in [5, 5.41) is 7.48. The highest BCUT2D eigenvalue weighted by Crippen LogP contribution is 2.26. The SMILES string of the molecule is Cn1cc(-c2cc(Cl)ncc2/C=C/C(=O)Nc2ccc(CN3CCOCC3)cc2)cn1. The van der Waals surface area contributed by atoms with Gasteiger partial charge in [0.2, 0.25) is 5.91 Å². The van der Waals surface area contributed by atoms with Crippen LogP contribution in [0.5, 0.6) is 0 Å². The Balaban J connectivity index is 1.40. The molecule has 0 atom stereocenters. The molecule has 1 amide bonds. The van der Waals surface area contributed by atoms with Crippen molar-refractivity contribution in [3.8, 4) is 11.1 Å². The summed E-state index contributed by atoms with van der Waals surface area (Å²) >= 11 is 6.07. The van der Waals surface area contributed by atoms with Crippen LogP contribution >= 0.6 is 11.6 Å². The fourth-order valence-corrected chi connectivity index (χ4v) is 3.60. The van der Waals surface area contributed by atoms with Gasteiger partial charge in [0.1, 0.15) is 5.15 Å². The van der Waals surface area contributed by atoms with Crippen molar-refractivity contribution in [2.24, 2.45) is 7.05 Å². The average molecular weight is 438 g/mol. The number of ether oxygens (including phenoxy) is 1. The summed E-state index contributed by atoms with van der Waals surface area (Å²) in [5.41, 5.74) is 4.52. The van der Waals surface area contributed by atoms with E-state index in [2.05, 4.69) is 20.3 Å². The number of aryl methyl sites for hydroxylation is 1. The molecule has 0 aliphatic carbocycles. The molecule has 1 N–H and O–H groups in total. The van der Waals surface area contributed by atoms with Gasteiger partial charge in [-0.15, -0.1) is 0 Å². The molecule has 160 valence electrons. The van der Waals surface area contributed by atoms with E-state index in [9.17, 15) is 4.79 Å². The number of pyridine rings is 1. The Morgan fingerprint density at radius 2 is 2.00 bits per heavy atom. The second-order valence-electron chi connectivity index (χ2n) is 7.40. The van der Waals surface area contributed by atoms with E-state index in [0.29, 0.717) is 5.15 Å². The van der Waals surface area contributed by atoms with Crippen LogP contribution in [0, 0.1) is 0 Å². The molecule has 1 fully saturated rings. The Bertz CT molecular complexity index is 1070. The fourth-order valence-electron chi connectivity index (χ4n) is 3.44. The van der Waals surface area contributed by atoms with Gasteiger partial charge >= 0.3 is 0 Å². The van der Waals surface area contributed by atoms with Crippen LogP contribution in [0.15, 0.2) is 55.0 Å². The molecule has 1 aliphatic heterocycles. The molecule has 1 aromatic carbocycles. The Morgan fingerprint density at radius 1 is 1.23 bits per heavy atom. The minimum absolute atomic E-state index is 0.215. The quantitative estimate of drug-likeness (QED) is 0.471. The molecular formula is C23H24ClN5O2. The largest absolute Gasteiger partial charge is 0.379 e. The molecule has 8 heteroatoms. The number of carbonyl (C=O) groups is 1. The third-order valence-corrected chi connectivity index (χ3v) is 5.27. The average Bonchev–Trinajstić information content (AvgIpc) is 3.21. The molecular weight excluding hydrogens is 414 g/mol. The smallest absolute Gasteiger partial charge is 0.248 e. The number of anilines is 1. The molecule has 0 bridgehead atoms. The molecule has 4 rings (SSSR count). The zero-order valence-corrected chi connectivity index (χ0v) is 18.0. The highest BCUT2D eigenvalue weighted by molar-refractivity contribution is 6.29. The van der Waals surface area contributed by atoms with E-state index in [1.54, 1.807) is 29.2 Å². The summed E-state index contributed by atoms with van der Waals surface area (Å²) in [4.78, 5) is 18.9. The van der Waals surface area contributed by atoms with Gasteiger partial charge in [0.25, 0.3) is 0 Å². The Labute approximate surface area is 186 Å². The van der Waals surface area contributed by atoms with Crippen molar-refractivity contribution in [3.63, 3.8) is 0 Å². The third-order valence-electron chi connectivity index (χ3n) is 5.06. The maximum absolute atomic E-state index is 12.4. The number of nitrogens with one attached hydrogen (secondary N) is 1. The zero-order chi connectivity index (χ0) is 21.6. The van der Waals surface area contributed by atoms with Gasteiger partial charge in [0, 0.05) is 62.0 Å². The van der Waals surface area contributed by atoms with Gasteiger partial charge in [-0.25, -0.2) is 4.98 Å². The molecule has 7 nitrogen and oxygen atoms in total. The minimum Gasteiger partial charge on any atom is -0.379 e. The number of nitrogens with zero attached hydrogens (tertiary/aromatic N) is 4. The summed E-state index contributed by atoms with van der Waals surface area (Å²) in [6.07, 6.45) is 8.51. The topological polar surface area (TPSA) is 72.3 Å². The molecule has 0 radical (unpaired) electrons. The monoisotopic (exact) mass is 437 g/mol. The van der Waals surface area contributed by atoms with Crippen LogP contribution in [0.2, 0.25) is 5.15 Å². The number of benzene rings is 1. The van der Waals surface area contributed by atoms with Crippen molar-refractivity contribution >= 4 is 29.3 Å². The van der Waals surface area contributed by atoms with Crippen molar-refractivity contribution in [1.82, 2.24) is 19.7 Å². The van der Waals surface area contributed by atoms with Crippen LogP contribution in [-0.4, -0.2) is 51.9 Å². The number of carbonyl (C=O) groups excluding carboxylic acids is 1. The maximum atomic E-state index is 12.4. The standard InChI is InChI=1S/C23H24ClN5O2/c1-28-16-19(14-26-28)21-12-22(24)25-13-18(21)4-7-23(30)27-20-5-2-17(3-6-20)15-29-8-10-31-11-9-29/h2-7,12-14,16H,8-11,15H2,1H3,(H,27,30)/b7-4+. The predicted molar refractivity (Wildman–Crippen MR) is 122 cm³/mol. The van der Waals surface area contributed by atoms with Gasteiger partial charge < -0.3 is 10.1 Å². The summed E-state index contributed by atoms with van der Waals surface area (Å²) in [7, 11) is 1.85. The first kappa shape index (κ1) is 21.2. The first-order chi connectivity index (χ1) is 15.1. The van der Waals surface area contributed by atoms with Crippen molar-refractivity contribution in [2.45, 2.75) is 6.54 Å². The van der Waals surface area contributed by atoms with Crippen molar-refractivity contribution in [1.29, 1.82) is 0 Å². The van der Waals surface area contributed by atoms with E-state index in [1.165, 1.54) is 11.6 Å². The molecule has 2 aromatic heterocycles. The molecule has 1 saturated heterocycles. The molecule has 3 heterocycles. The number of halogens is 1. The third kappa shape index (κ3) is 5.79. The van der Waals surface area contributed by atoms with E-state index in [-0.39, 0.29) is 5.91 Å². The van der Waals surface area contributed by atoms with Crippen molar-refractivity contribution < 1.29 is 9.53 Å². The second kappa shape index (κ2) is 9.87. The van der Waals surface area contributed by atoms with Gasteiger partial charge in [0.15, 0.2) is 0 Å². The second-order valence-corrected chi connectivity index (χ2v) is 7.79. The summed E-state index contributed by atoms with van der Waals surface area (Å²) in [6.45, 7) is 4.35. The lowest BCUT2D eigenvalue weighted by atomic mass is 10.0. The van der Waals surface area contributed by atoms with Crippen molar-refractivity contribution in [3.05, 3.63) is 71.3 Å². The highest BCUT2D eigenvalue weighted by atomic mass is 35.5. The fraction of sp³-hybridized carbons (Fsp3) is 0.261. The molecule has 3 aromatic rings. The van der Waals surface area contributed by atoms with Gasteiger partial charge in [0.05, 0.1) is 19.4 Å². The van der Waals surface area contributed by atoms with Crippen LogP contribution in [-0.2, 0) is 23.1 Å². The van der Waals surface area contributed by atoms with Crippen LogP contribution in [0.1, 0.15) is 11.1 Å². The molecule has 0 spiro atoms. The van der Waals surface area contributed by atoms with Gasteiger partial charge in [-0.2, -0.15) is 5.10 Å². The Kier molecular flexibility index (Phi) is 6.76. The minimum atomic E-state index is -0.215. The van der Waals surface area contributed by atoms with Crippen LogP contribution in [0.4, 0.5) is 5.69 Å². The van der Waals surface area contributed by atoms with E-state index in [1.807, 2.05) is 37.5 Å². The summed E-state index contributed by atoms with van der Waals surface area (Å²) in [6, 6.07) is 9.69. The number of amides is 1. The van der Waals surface area contributed by atoms with Gasteiger partial charge in [-0.05, 0) is 35.4 Å². The first-order valence-electron chi connectivity index (χ1n) is 10.1. The Hall–Kier alpha value is -3.00. The summed E-state index contributed by atoms with van der Waals surface area (Å²) < 4.78 is 7.10. The number of hydrogen-bond donors (Lipinski definition) is 1. The van der Waals surface area contributed by atoms with Gasteiger partial charge in [-0.1, -0.05) is 23.7 Å². The van der Waals surface area contributed by atoms with Crippen LogP contribution < -0.4 is 5.32 Å². The van der Waals surface area contributed by atoms with E-state index < -0.39 is 0 Å². The van der Waals surface area contributed by atoms with Crippen molar-refractivity contribution in [2.75, 3.05) is 31.6 Å². The Morgan fingerprint density at radius 3 is 2.71 bits per heavy atom. The lowest BCUT2D eigenvalue weighted by Crippen LogP contribution is -2.35. The first-order valence-corrected chi connectivity index (χ1v) is 10.5. The molecule has 0 saturated carbocycles. The van der Waals surface area contributed by atoms with E-state index in [4.69, 9.17) is 16.3 Å². The zero-order valence-electron chi connectivity index (χ0n) is 17.3. The maximum Gasteiger partial charge on any atom is 0.248 e. The van der Waals surface area contributed by atoms with Gasteiger partial charge in [-0.3, -0.25) is 14.4 Å². The lowest BCUT2D eigenvalue weighted by Gasteiger charge is -2.26. The number of rotatable bonds is 6. The number of hydrogen-bond acceptors (Lipinski definition) is 5. The summed E-state index contributed by atoms with van der Waals surface area (Å²) in [5.74, 6) is -0.215. The number of morpholine rings is 1. The highest BCUT2D eigenvalue weighted by Gasteiger charge is 2.11. The van der Waals surface area contributed by atoms with E-state index in [0.717, 1.165) is 55.2 Å². The molecule has 0 unspecified atom stereocenters. The molecule has 1 aliphatic rings. The van der Waals surface area contributed by atoms with E-state index >= 15 is 0 Å². The number of aromatic nitrogens is 3. The predicted octanol–water partition coefficient (Wildman–Crippen LogP) is 3.62.